The molecule has 0 aromatic rings. The summed E-state index contributed by atoms with van der Waals surface area (Å²) in [5.74, 6) is 0.0197. The van der Waals surface area contributed by atoms with Crippen molar-refractivity contribution in [1.82, 2.24) is 4.90 Å². The second kappa shape index (κ2) is 9.77. The van der Waals surface area contributed by atoms with Gasteiger partial charge in [-0.05, 0) is 0 Å². The van der Waals surface area contributed by atoms with Crippen molar-refractivity contribution < 1.29 is 38.7 Å². The molecule has 0 saturated carbocycles. The summed E-state index contributed by atoms with van der Waals surface area (Å²) in [6.45, 7) is 1.98. The van der Waals surface area contributed by atoms with E-state index < -0.39 is 59.6 Å². The molecule has 11 heteroatoms. The predicted molar refractivity (Wildman–Crippen MR) is 82.1 cm³/mol. The molecular formula is C12H26BNO8S. The first-order valence-electron chi connectivity index (χ1n) is 7.24. The van der Waals surface area contributed by atoms with Gasteiger partial charge in [0.05, 0.1) is 0 Å². The SMILES string of the molecule is CC(C)CC(CO)(CO)N(CCO)C(O)CC(O)S(=O)(=O)B=O. The molecule has 2 unspecified atom stereocenters. The number of aliphatic hydroxyl groups excluding tert-OH is 5. The number of aliphatic hydroxyl groups is 5. The third kappa shape index (κ3) is 6.18. The molecular weight excluding hydrogens is 329 g/mol. The number of hydrogen-bond donors (Lipinski definition) is 5. The summed E-state index contributed by atoms with van der Waals surface area (Å²) < 4.78 is 33.0. The van der Waals surface area contributed by atoms with Gasteiger partial charge in [-0.3, -0.25) is 0 Å². The van der Waals surface area contributed by atoms with Crippen LogP contribution in [-0.4, -0.2) is 88.8 Å². The van der Waals surface area contributed by atoms with E-state index >= 15 is 0 Å². The van der Waals surface area contributed by atoms with Gasteiger partial charge in [0, 0.05) is 0 Å². The Kier molecular flexibility index (Phi) is 9.59. The molecule has 0 heterocycles. The Labute approximate surface area is 136 Å². The van der Waals surface area contributed by atoms with E-state index in [0.717, 1.165) is 4.90 Å². The van der Waals surface area contributed by atoms with E-state index in [0.29, 0.717) is 0 Å². The van der Waals surface area contributed by atoms with Crippen LogP contribution in [0.2, 0.25) is 0 Å². The second-order valence-electron chi connectivity index (χ2n) is 5.91. The number of rotatable bonds is 12. The number of nitrogens with zero attached hydrogens (tertiary/aromatic N) is 1. The summed E-state index contributed by atoms with van der Waals surface area (Å²) in [6, 6.07) is 0. The van der Waals surface area contributed by atoms with E-state index in [4.69, 9.17) is 5.11 Å². The average Bonchev–Trinajstić information content (AvgIpc) is 2.50. The van der Waals surface area contributed by atoms with Crippen molar-refractivity contribution >= 4 is 16.1 Å². The Balaban J connectivity index is 5.45. The molecule has 0 spiro atoms. The van der Waals surface area contributed by atoms with Gasteiger partial charge in [0.25, 0.3) is 0 Å². The first-order valence-corrected chi connectivity index (χ1v) is 8.85. The van der Waals surface area contributed by atoms with Crippen molar-refractivity contribution in [3.63, 3.8) is 0 Å². The van der Waals surface area contributed by atoms with Gasteiger partial charge in [-0.25, -0.2) is 0 Å². The van der Waals surface area contributed by atoms with Gasteiger partial charge in [0.1, 0.15) is 0 Å². The first kappa shape index (κ1) is 22.6. The van der Waals surface area contributed by atoms with Crippen LogP contribution in [0.3, 0.4) is 0 Å². The third-order valence-corrected chi connectivity index (χ3v) is 4.83. The van der Waals surface area contributed by atoms with Gasteiger partial charge in [-0.2, -0.15) is 0 Å². The summed E-state index contributed by atoms with van der Waals surface area (Å²) >= 11 is 0. The molecule has 2 atom stereocenters. The van der Waals surface area contributed by atoms with Crippen molar-refractivity contribution in [1.29, 1.82) is 0 Å². The van der Waals surface area contributed by atoms with Crippen molar-refractivity contribution in [2.24, 2.45) is 5.92 Å². The molecule has 0 aromatic carbocycles. The molecule has 136 valence electrons. The predicted octanol–water partition coefficient (Wildman–Crippen LogP) is -2.54. The Morgan fingerprint density at radius 3 is 2.00 bits per heavy atom. The van der Waals surface area contributed by atoms with Crippen LogP contribution in [-0.2, 0) is 14.4 Å². The van der Waals surface area contributed by atoms with Crippen molar-refractivity contribution in [3.05, 3.63) is 0 Å². The van der Waals surface area contributed by atoms with E-state index in [1.54, 1.807) is 0 Å². The van der Waals surface area contributed by atoms with Crippen LogP contribution in [0.1, 0.15) is 26.7 Å². The van der Waals surface area contributed by atoms with Crippen molar-refractivity contribution in [2.45, 2.75) is 43.9 Å². The molecule has 9 nitrogen and oxygen atoms in total. The molecule has 0 bridgehead atoms. The fourth-order valence-electron chi connectivity index (χ4n) is 2.55. The fraction of sp³-hybridized carbons (Fsp3) is 1.00. The van der Waals surface area contributed by atoms with Crippen LogP contribution in [0.4, 0.5) is 0 Å². The number of hydrogen-bond acceptors (Lipinski definition) is 9. The summed E-state index contributed by atoms with van der Waals surface area (Å²) in [5, 5.41) is 48.3. The van der Waals surface area contributed by atoms with Gasteiger partial charge in [-0.1, -0.05) is 0 Å². The Morgan fingerprint density at radius 1 is 1.13 bits per heavy atom. The van der Waals surface area contributed by atoms with Crippen molar-refractivity contribution in [2.75, 3.05) is 26.4 Å². The van der Waals surface area contributed by atoms with Crippen LogP contribution in [0, 0.1) is 5.92 Å². The molecule has 0 aliphatic heterocycles. The zero-order valence-corrected chi connectivity index (χ0v) is 14.2. The molecule has 5 N–H and O–H groups in total. The van der Waals surface area contributed by atoms with Gasteiger partial charge in [0.15, 0.2) is 0 Å². The molecule has 0 amide bonds. The Morgan fingerprint density at radius 2 is 1.65 bits per heavy atom. The van der Waals surface area contributed by atoms with Gasteiger partial charge in [0.2, 0.25) is 0 Å². The van der Waals surface area contributed by atoms with Gasteiger partial charge >= 0.3 is 136 Å². The monoisotopic (exact) mass is 355 g/mol. The topological polar surface area (TPSA) is 156 Å². The minimum absolute atomic E-state index is 0.0197. The van der Waals surface area contributed by atoms with Crippen LogP contribution in [0.15, 0.2) is 0 Å². The van der Waals surface area contributed by atoms with E-state index in [-0.39, 0.29) is 18.9 Å². The first-order chi connectivity index (χ1) is 10.6. The van der Waals surface area contributed by atoms with Gasteiger partial charge in [-0.15, -0.1) is 0 Å². The second-order valence-corrected chi connectivity index (χ2v) is 7.83. The quantitative estimate of drug-likeness (QED) is 0.188. The minimum atomic E-state index is -4.42. The molecule has 0 saturated heterocycles. The third-order valence-electron chi connectivity index (χ3n) is 3.61. The number of β-amino-alcohol motifs (C(OH)–C–C–N with tert-alkyl or cyclic N) is 1. The zero-order chi connectivity index (χ0) is 18.3. The molecule has 23 heavy (non-hydrogen) atoms. The van der Waals surface area contributed by atoms with Crippen LogP contribution >= 0.6 is 0 Å². The summed E-state index contributed by atoms with van der Waals surface area (Å²) in [7, 11) is -4.42. The van der Waals surface area contributed by atoms with E-state index in [2.05, 4.69) is 0 Å². The molecule has 0 aliphatic rings. The van der Waals surface area contributed by atoms with Gasteiger partial charge < -0.3 is 0 Å². The van der Waals surface area contributed by atoms with E-state index in [1.807, 2.05) is 13.8 Å². The maximum atomic E-state index is 11.3. The standard InChI is InChI=1S/C12H26BNO8S/c1-9(2)6-12(7-16,8-17)14(3-4-15)10(18)5-11(19)23(21,22)13-20/h9-11,15-19H,3-8H2,1-2H3. The average molecular weight is 355 g/mol. The van der Waals surface area contributed by atoms with Crippen LogP contribution < -0.4 is 0 Å². The van der Waals surface area contributed by atoms with Crippen LogP contribution in [0.5, 0.6) is 0 Å². The van der Waals surface area contributed by atoms with Crippen molar-refractivity contribution in [3.8, 4) is 0 Å². The fourth-order valence-corrected chi connectivity index (χ4v) is 3.12. The molecule has 0 radical (unpaired) electrons. The normalized spacial score (nSPS) is 15.7. The Hall–Kier alpha value is -0.425. The summed E-state index contributed by atoms with van der Waals surface area (Å²) in [4.78, 5) is 1.15. The van der Waals surface area contributed by atoms with E-state index in [1.165, 1.54) is 0 Å². The maximum absolute atomic E-state index is 11.3. The Bertz CT molecular complexity index is 454. The summed E-state index contributed by atoms with van der Waals surface area (Å²) in [5.41, 5.74) is -3.42. The molecule has 0 rings (SSSR count). The van der Waals surface area contributed by atoms with Crippen LogP contribution in [0.25, 0.3) is 0 Å². The molecule has 0 fully saturated rings. The molecule has 0 aromatic heterocycles. The van der Waals surface area contributed by atoms with E-state index in [9.17, 15) is 33.5 Å². The zero-order valence-electron chi connectivity index (χ0n) is 13.4. The molecule has 0 aliphatic carbocycles. The summed E-state index contributed by atoms with van der Waals surface area (Å²) in [6.07, 6.45) is -2.46.